The molecule has 1 aromatic carbocycles. The lowest BCUT2D eigenvalue weighted by Gasteiger charge is -2.08. The summed E-state index contributed by atoms with van der Waals surface area (Å²) in [6, 6.07) is 6.10. The highest BCUT2D eigenvalue weighted by molar-refractivity contribution is 6.02. The van der Waals surface area contributed by atoms with Crippen LogP contribution in [0.15, 0.2) is 30.3 Å². The summed E-state index contributed by atoms with van der Waals surface area (Å²) >= 11 is 0. The van der Waals surface area contributed by atoms with Crippen molar-refractivity contribution in [1.82, 2.24) is 15.5 Å². The molecule has 2 heterocycles. The fourth-order valence-corrected chi connectivity index (χ4v) is 2.52. The third kappa shape index (κ3) is 3.53. The quantitative estimate of drug-likeness (QED) is 0.812. The van der Waals surface area contributed by atoms with Gasteiger partial charge in [0.05, 0.1) is 11.3 Å². The largest absolute Gasteiger partial charge is 0.416 e. The van der Waals surface area contributed by atoms with Gasteiger partial charge in [-0.25, -0.2) is 0 Å². The van der Waals surface area contributed by atoms with E-state index in [-0.39, 0.29) is 17.4 Å². The van der Waals surface area contributed by atoms with Crippen molar-refractivity contribution in [3.8, 4) is 0 Å². The van der Waals surface area contributed by atoms with E-state index in [9.17, 15) is 18.0 Å². The summed E-state index contributed by atoms with van der Waals surface area (Å²) in [5, 5.41) is 12.6. The molecule has 1 amide bonds. The van der Waals surface area contributed by atoms with Crippen LogP contribution in [0.3, 0.4) is 0 Å². The van der Waals surface area contributed by atoms with E-state index in [1.165, 1.54) is 12.1 Å². The van der Waals surface area contributed by atoms with Crippen molar-refractivity contribution in [3.05, 3.63) is 47.3 Å². The molecule has 0 aliphatic carbocycles. The SMILES string of the molecule is O=C(Nc1ccc(C(F)(F)F)cc1)c1cc(C2CCCN2)[nH]n1. The number of rotatable bonds is 3. The maximum atomic E-state index is 12.5. The summed E-state index contributed by atoms with van der Waals surface area (Å²) in [5.41, 5.74) is 0.560. The van der Waals surface area contributed by atoms with Crippen LogP contribution in [0.4, 0.5) is 18.9 Å². The average molecular weight is 324 g/mol. The van der Waals surface area contributed by atoms with Crippen molar-refractivity contribution in [3.63, 3.8) is 0 Å². The maximum Gasteiger partial charge on any atom is 0.416 e. The molecule has 5 nitrogen and oxygen atoms in total. The zero-order valence-corrected chi connectivity index (χ0v) is 12.1. The number of alkyl halides is 3. The van der Waals surface area contributed by atoms with Crippen LogP contribution in [0.5, 0.6) is 0 Å². The molecule has 0 spiro atoms. The van der Waals surface area contributed by atoms with Crippen molar-refractivity contribution in [2.24, 2.45) is 0 Å². The van der Waals surface area contributed by atoms with Gasteiger partial charge in [-0.15, -0.1) is 0 Å². The second-order valence-electron chi connectivity index (χ2n) is 5.39. The number of aromatic nitrogens is 2. The molecule has 1 atom stereocenters. The molecule has 1 aromatic heterocycles. The number of halogens is 3. The van der Waals surface area contributed by atoms with E-state index >= 15 is 0 Å². The molecule has 3 rings (SSSR count). The van der Waals surface area contributed by atoms with Crippen LogP contribution in [0.1, 0.15) is 40.6 Å². The minimum atomic E-state index is -4.39. The van der Waals surface area contributed by atoms with Gasteiger partial charge in [-0.2, -0.15) is 18.3 Å². The number of amides is 1. The Kier molecular flexibility index (Phi) is 4.08. The second-order valence-corrected chi connectivity index (χ2v) is 5.39. The molecule has 0 bridgehead atoms. The van der Waals surface area contributed by atoms with Crippen LogP contribution in [-0.4, -0.2) is 22.6 Å². The van der Waals surface area contributed by atoms with Gasteiger partial charge in [-0.1, -0.05) is 0 Å². The van der Waals surface area contributed by atoms with Gasteiger partial charge in [0.2, 0.25) is 0 Å². The Bertz CT molecular complexity index is 687. The predicted molar refractivity (Wildman–Crippen MR) is 78.0 cm³/mol. The predicted octanol–water partition coefficient (Wildman–Crippen LogP) is 3.11. The van der Waals surface area contributed by atoms with Gasteiger partial charge in [-0.05, 0) is 49.7 Å². The Labute approximate surface area is 130 Å². The standard InChI is InChI=1S/C15H15F3N4O/c16-15(17,18)9-3-5-10(6-4-9)20-14(23)13-8-12(21-22-13)11-2-1-7-19-11/h3-6,8,11,19H,1-2,7H2,(H,20,23)(H,21,22). The van der Waals surface area contributed by atoms with Crippen molar-refractivity contribution < 1.29 is 18.0 Å². The molecule has 3 N–H and O–H groups in total. The van der Waals surface area contributed by atoms with Gasteiger partial charge in [0.1, 0.15) is 0 Å². The van der Waals surface area contributed by atoms with E-state index in [1.54, 1.807) is 6.07 Å². The van der Waals surface area contributed by atoms with Crippen molar-refractivity contribution in [2.45, 2.75) is 25.1 Å². The minimum Gasteiger partial charge on any atom is -0.321 e. The number of nitrogens with zero attached hydrogens (tertiary/aromatic N) is 1. The van der Waals surface area contributed by atoms with Gasteiger partial charge >= 0.3 is 6.18 Å². The van der Waals surface area contributed by atoms with E-state index in [4.69, 9.17) is 0 Å². The number of benzene rings is 1. The molecule has 1 aliphatic heterocycles. The maximum absolute atomic E-state index is 12.5. The first kappa shape index (κ1) is 15.5. The first-order valence-electron chi connectivity index (χ1n) is 7.21. The third-order valence-electron chi connectivity index (χ3n) is 3.74. The fourth-order valence-electron chi connectivity index (χ4n) is 2.52. The lowest BCUT2D eigenvalue weighted by atomic mass is 10.1. The Morgan fingerprint density at radius 2 is 2.00 bits per heavy atom. The zero-order chi connectivity index (χ0) is 16.4. The van der Waals surface area contributed by atoms with E-state index in [0.717, 1.165) is 37.2 Å². The third-order valence-corrected chi connectivity index (χ3v) is 3.74. The number of hydrogen-bond acceptors (Lipinski definition) is 3. The summed E-state index contributed by atoms with van der Waals surface area (Å²) < 4.78 is 37.5. The average Bonchev–Trinajstić information content (AvgIpc) is 3.18. The highest BCUT2D eigenvalue weighted by Crippen LogP contribution is 2.30. The first-order chi connectivity index (χ1) is 10.9. The smallest absolute Gasteiger partial charge is 0.321 e. The van der Waals surface area contributed by atoms with Crippen molar-refractivity contribution in [2.75, 3.05) is 11.9 Å². The van der Waals surface area contributed by atoms with Crippen LogP contribution in [0, 0.1) is 0 Å². The Balaban J connectivity index is 1.67. The minimum absolute atomic E-state index is 0.162. The molecule has 2 aromatic rings. The monoisotopic (exact) mass is 324 g/mol. The molecule has 23 heavy (non-hydrogen) atoms. The molecule has 0 saturated carbocycles. The van der Waals surface area contributed by atoms with Gasteiger partial charge in [0.15, 0.2) is 5.69 Å². The summed E-state index contributed by atoms with van der Waals surface area (Å²) in [5.74, 6) is -0.467. The lowest BCUT2D eigenvalue weighted by Crippen LogP contribution is -2.13. The molecular weight excluding hydrogens is 309 g/mol. The Hall–Kier alpha value is -2.35. The second kappa shape index (κ2) is 6.04. The summed E-state index contributed by atoms with van der Waals surface area (Å²) in [4.78, 5) is 12.1. The molecule has 1 unspecified atom stereocenters. The molecule has 1 saturated heterocycles. The summed E-state index contributed by atoms with van der Waals surface area (Å²) in [7, 11) is 0. The number of hydrogen-bond donors (Lipinski definition) is 3. The topological polar surface area (TPSA) is 69.8 Å². The lowest BCUT2D eigenvalue weighted by molar-refractivity contribution is -0.137. The van der Waals surface area contributed by atoms with Gasteiger partial charge in [0.25, 0.3) is 5.91 Å². The molecular formula is C15H15F3N4O. The molecule has 1 fully saturated rings. The first-order valence-corrected chi connectivity index (χ1v) is 7.21. The zero-order valence-electron chi connectivity index (χ0n) is 12.1. The van der Waals surface area contributed by atoms with Crippen molar-refractivity contribution in [1.29, 1.82) is 0 Å². The van der Waals surface area contributed by atoms with E-state index in [1.807, 2.05) is 0 Å². The molecule has 1 aliphatic rings. The number of carbonyl (C=O) groups is 1. The van der Waals surface area contributed by atoms with Crippen molar-refractivity contribution >= 4 is 11.6 Å². The van der Waals surface area contributed by atoms with Gasteiger partial charge in [0, 0.05) is 11.7 Å². The molecule has 8 heteroatoms. The normalized spacial score (nSPS) is 18.1. The number of anilines is 1. The van der Waals surface area contributed by atoms with Gasteiger partial charge in [-0.3, -0.25) is 9.89 Å². The van der Waals surface area contributed by atoms with Crippen LogP contribution < -0.4 is 10.6 Å². The highest BCUT2D eigenvalue weighted by atomic mass is 19.4. The van der Waals surface area contributed by atoms with Crippen LogP contribution in [-0.2, 0) is 6.18 Å². The van der Waals surface area contributed by atoms with Crippen LogP contribution >= 0.6 is 0 Å². The molecule has 0 radical (unpaired) electrons. The summed E-state index contributed by atoms with van der Waals surface area (Å²) in [6.45, 7) is 0.927. The Morgan fingerprint density at radius 1 is 1.26 bits per heavy atom. The highest BCUT2D eigenvalue weighted by Gasteiger charge is 2.30. The van der Waals surface area contributed by atoms with E-state index < -0.39 is 17.6 Å². The van der Waals surface area contributed by atoms with Crippen LogP contribution in [0.25, 0.3) is 0 Å². The van der Waals surface area contributed by atoms with E-state index in [0.29, 0.717) is 0 Å². The number of nitrogens with one attached hydrogen (secondary N) is 3. The number of H-pyrrole nitrogens is 1. The Morgan fingerprint density at radius 3 is 2.61 bits per heavy atom. The fraction of sp³-hybridized carbons (Fsp3) is 0.333. The van der Waals surface area contributed by atoms with Gasteiger partial charge < -0.3 is 10.6 Å². The van der Waals surface area contributed by atoms with Crippen LogP contribution in [0.2, 0.25) is 0 Å². The van der Waals surface area contributed by atoms with E-state index in [2.05, 4.69) is 20.8 Å². The number of carbonyl (C=O) groups excluding carboxylic acids is 1. The number of aromatic amines is 1. The summed E-state index contributed by atoms with van der Waals surface area (Å²) in [6.07, 6.45) is -2.35. The molecule has 122 valence electrons.